The molecule has 7 N–H and O–H groups in total. The number of carbonyl (C=O) groups excluding carboxylic acids is 5. The van der Waals surface area contributed by atoms with Gasteiger partial charge in [0.2, 0.25) is 12.2 Å². The van der Waals surface area contributed by atoms with Crippen molar-refractivity contribution < 1.29 is 78.0 Å². The Balaban J connectivity index is 0.684. The van der Waals surface area contributed by atoms with Gasteiger partial charge in [0.15, 0.2) is 16.9 Å². The fourth-order valence-electron chi connectivity index (χ4n) is 15.7. The van der Waals surface area contributed by atoms with E-state index in [0.717, 1.165) is 82.6 Å². The summed E-state index contributed by atoms with van der Waals surface area (Å²) in [4.78, 5) is 102. The molecule has 3 unspecified atom stereocenters. The number of rotatable bonds is 22. The molecule has 5 amide bonds. The molecule has 484 valence electrons. The van der Waals surface area contributed by atoms with Gasteiger partial charge in [-0.1, -0.05) is 61.6 Å². The second kappa shape index (κ2) is 25.1. The van der Waals surface area contributed by atoms with E-state index in [1.54, 1.807) is 43.6 Å². The number of anilines is 2. The van der Waals surface area contributed by atoms with Crippen molar-refractivity contribution in [2.45, 2.75) is 135 Å². The number of hydrogen-bond donors (Lipinski definition) is 7. The number of aromatic carboxylic acids is 1. The maximum atomic E-state index is 13.8. The molecule has 7 aliphatic rings. The van der Waals surface area contributed by atoms with Crippen LogP contribution in [0.3, 0.4) is 0 Å². The first kappa shape index (κ1) is 63.5. The number of para-hydroxylation sites is 1. The number of pyridine rings is 1. The van der Waals surface area contributed by atoms with Crippen LogP contribution in [0.2, 0.25) is 0 Å². The number of carboxylic acid groups (broad SMARTS) is 2. The summed E-state index contributed by atoms with van der Waals surface area (Å²) in [5.74, 6) is -4.26. The number of amides is 5. The number of nitrogens with zero attached hydrogens (tertiary/aromatic N) is 7. The van der Waals surface area contributed by atoms with Gasteiger partial charge in [0.1, 0.15) is 43.0 Å². The summed E-state index contributed by atoms with van der Waals surface area (Å²) >= 11 is 1.41. The third-order valence-corrected chi connectivity index (χ3v) is 19.8. The zero-order valence-electron chi connectivity index (χ0n) is 51.3. The summed E-state index contributed by atoms with van der Waals surface area (Å²) in [6, 6.07) is 21.9. The van der Waals surface area contributed by atoms with E-state index in [1.165, 1.54) is 16.2 Å². The van der Waals surface area contributed by atoms with E-state index >= 15 is 0 Å². The van der Waals surface area contributed by atoms with Crippen LogP contribution in [0.5, 0.6) is 5.75 Å². The Morgan fingerprint density at radius 3 is 2.36 bits per heavy atom. The second-order valence-corrected chi connectivity index (χ2v) is 27.3. The molecule has 92 heavy (non-hydrogen) atoms. The number of carbonyl (C=O) groups is 7. The molecule has 3 aliphatic heterocycles. The van der Waals surface area contributed by atoms with Crippen LogP contribution in [0, 0.1) is 23.2 Å². The summed E-state index contributed by atoms with van der Waals surface area (Å²) in [6.07, 6.45) is 0.443. The first-order valence-corrected chi connectivity index (χ1v) is 31.5. The van der Waals surface area contributed by atoms with E-state index in [9.17, 15) is 59.1 Å². The molecule has 1 saturated heterocycles. The topological polar surface area (TPSA) is 335 Å². The Bertz CT molecular complexity index is 3890. The average Bonchev–Trinajstić information content (AvgIpc) is 0.947. The lowest BCUT2D eigenvalue weighted by Crippen LogP contribution is -2.64. The fourth-order valence-corrected chi connectivity index (χ4v) is 16.6. The number of aliphatic hydroxyl groups excluding tert-OH is 3. The number of ether oxygens (including phenoxy) is 4. The van der Waals surface area contributed by atoms with Crippen molar-refractivity contribution in [3.05, 3.63) is 130 Å². The summed E-state index contributed by atoms with van der Waals surface area (Å²) < 4.78 is 27.1. The van der Waals surface area contributed by atoms with Gasteiger partial charge in [-0.05, 0) is 134 Å². The van der Waals surface area contributed by atoms with Gasteiger partial charge in [0.05, 0.1) is 28.6 Å². The zero-order valence-corrected chi connectivity index (χ0v) is 52.1. The standard InChI is InChI=1S/C66H73N9O16S/c1-37-43(41-16-17-48(70-52(41)58(83)84)73-22-20-39-10-7-11-42(44(39)27-73)57(82)71-61-69-45-12-5-6-13-47(45)92-61)26-68-75(37)36-65-31-63(2)30-64(3,32-65)34-66(33-63,35-65)89-24-23-72(4)62(87)88-29-40-15-14-38(9-8-21-67-49(76)28-74-50(77)18-19-51(74)78)25-46(40)90-60-55(81)53(79)54(80)56(91-60)59(85)86/h5-7,10-19,25-26,53-56,60,79-81H,8-9,20-24,27-36H2,1-4H3,(H,67,76)(H,83,84)(H,85,86)(H,69,71,82)/t53-,54-,55+,56-,60?,63?,64?,65?,66?/m0/s1. The van der Waals surface area contributed by atoms with Crippen molar-refractivity contribution in [3.63, 3.8) is 0 Å². The summed E-state index contributed by atoms with van der Waals surface area (Å²) in [5, 5.41) is 63.2. The van der Waals surface area contributed by atoms with Gasteiger partial charge in [-0.15, -0.1) is 0 Å². The molecule has 3 aromatic carbocycles. The van der Waals surface area contributed by atoms with Gasteiger partial charge in [0.25, 0.3) is 17.7 Å². The minimum absolute atomic E-state index is 0.0121. The molecule has 4 saturated carbocycles. The Morgan fingerprint density at radius 1 is 0.859 bits per heavy atom. The molecule has 7 atom stereocenters. The monoisotopic (exact) mass is 1280 g/mol. The molecule has 13 rings (SSSR count). The number of thiazole rings is 1. The number of carboxylic acids is 2. The zero-order chi connectivity index (χ0) is 65.0. The van der Waals surface area contributed by atoms with Crippen LogP contribution in [-0.2, 0) is 65.9 Å². The van der Waals surface area contributed by atoms with E-state index in [-0.39, 0.29) is 65.5 Å². The maximum Gasteiger partial charge on any atom is 0.409 e. The van der Waals surface area contributed by atoms with Gasteiger partial charge >= 0.3 is 18.0 Å². The number of benzene rings is 3. The minimum atomic E-state index is -1.96. The predicted molar refractivity (Wildman–Crippen MR) is 332 cm³/mol. The van der Waals surface area contributed by atoms with Crippen LogP contribution >= 0.6 is 11.3 Å². The first-order valence-electron chi connectivity index (χ1n) is 30.7. The third kappa shape index (κ3) is 13.0. The average molecular weight is 1280 g/mol. The molecule has 6 heterocycles. The smallest absolute Gasteiger partial charge is 0.409 e. The Hall–Kier alpha value is -8.66. The largest absolute Gasteiger partial charge is 0.479 e. The van der Waals surface area contributed by atoms with E-state index in [0.29, 0.717) is 72.1 Å². The molecule has 25 nitrogen and oxygen atoms in total. The number of hydrogen-bond acceptors (Lipinski definition) is 19. The van der Waals surface area contributed by atoms with Crippen LogP contribution in [0.1, 0.15) is 108 Å². The number of fused-ring (bicyclic) bond motifs is 2. The van der Waals surface area contributed by atoms with Crippen molar-refractivity contribution in [1.29, 1.82) is 0 Å². The van der Waals surface area contributed by atoms with Gasteiger partial charge < -0.3 is 59.6 Å². The van der Waals surface area contributed by atoms with E-state index in [4.69, 9.17) is 29.0 Å². The molecule has 4 bridgehead atoms. The molecule has 0 spiro atoms. The highest BCUT2D eigenvalue weighted by Crippen LogP contribution is 2.72. The lowest BCUT2D eigenvalue weighted by Gasteiger charge is -2.69. The molecule has 0 radical (unpaired) electrons. The summed E-state index contributed by atoms with van der Waals surface area (Å²) in [7, 11) is 1.59. The second-order valence-electron chi connectivity index (χ2n) is 26.3. The van der Waals surface area contributed by atoms with Crippen molar-refractivity contribution >= 4 is 74.2 Å². The highest BCUT2D eigenvalue weighted by molar-refractivity contribution is 7.22. The third-order valence-electron chi connectivity index (χ3n) is 18.8. The van der Waals surface area contributed by atoms with Crippen LogP contribution < -0.4 is 20.3 Å². The van der Waals surface area contributed by atoms with Gasteiger partial charge in [-0.2, -0.15) is 5.10 Å². The predicted octanol–water partition coefficient (Wildman–Crippen LogP) is 6.03. The Morgan fingerprint density at radius 2 is 1.62 bits per heavy atom. The first-order chi connectivity index (χ1) is 43.9. The summed E-state index contributed by atoms with van der Waals surface area (Å²) in [5.41, 5.74) is 5.16. The lowest BCUT2D eigenvalue weighted by atomic mass is 9.39. The molecule has 4 aliphatic carbocycles. The number of aliphatic carboxylic acids is 1. The Kier molecular flexibility index (Phi) is 17.3. The van der Waals surface area contributed by atoms with Crippen molar-refractivity contribution in [3.8, 4) is 16.9 Å². The van der Waals surface area contributed by atoms with Crippen LogP contribution in [0.25, 0.3) is 21.3 Å². The number of nitrogens with one attached hydrogen (secondary N) is 2. The molecule has 26 heteroatoms. The van der Waals surface area contributed by atoms with Crippen LogP contribution in [0.4, 0.5) is 15.7 Å². The van der Waals surface area contributed by atoms with Crippen molar-refractivity contribution in [1.82, 2.24) is 34.9 Å². The minimum Gasteiger partial charge on any atom is -0.479 e. The normalized spacial score (nSPS) is 26.3. The van der Waals surface area contributed by atoms with Crippen LogP contribution in [0.15, 0.2) is 91.1 Å². The van der Waals surface area contributed by atoms with Gasteiger partial charge in [0, 0.05) is 79.9 Å². The fraction of sp³-hybridized carbons (Fsp3) is 0.455. The van der Waals surface area contributed by atoms with Crippen molar-refractivity contribution in [2.24, 2.45) is 16.2 Å². The highest BCUT2D eigenvalue weighted by Gasteiger charge is 2.66. The number of likely N-dealkylation sites (N-methyl/N-ethyl adjacent to an activating group) is 1. The number of aromatic nitrogens is 4. The molecular weight excluding hydrogens is 1210 g/mol. The van der Waals surface area contributed by atoms with E-state index in [1.807, 2.05) is 59.0 Å². The molecular formula is C66H73N9O16S. The quantitative estimate of drug-likeness (QED) is 0.0301. The molecule has 6 aromatic rings. The molecule has 3 aromatic heterocycles. The number of aryl methyl sites for hydroxylation is 1. The summed E-state index contributed by atoms with van der Waals surface area (Å²) in [6.45, 7) is 7.90. The van der Waals surface area contributed by atoms with Crippen LogP contribution in [-0.4, -0.2) is 173 Å². The van der Waals surface area contributed by atoms with Gasteiger partial charge in [-0.25, -0.2) is 24.4 Å². The number of aliphatic hydroxyl groups is 3. The maximum absolute atomic E-state index is 13.8. The SMILES string of the molecule is Cc1c(-c2ccc(N3CCc4cccc(C(=O)Nc5nc6ccccc6s5)c4C3)nc2C(=O)O)cnn1CC12CC3(C)CC(C)(C1)CC(OCCN(C)C(=O)OCc1ccc(CCCNC(=O)CN4C(=O)C=CC4=O)cc1OC1O[C@H](C(=O)O)[C@@H](O)[C@H](O)[C@H]1O)(C3)C2. The van der Waals surface area contributed by atoms with E-state index in [2.05, 4.69) is 29.5 Å². The Labute approximate surface area is 532 Å². The highest BCUT2D eigenvalue weighted by atomic mass is 32.1. The number of imide groups is 1. The van der Waals surface area contributed by atoms with Crippen molar-refractivity contribution in [2.75, 3.05) is 50.1 Å². The van der Waals surface area contributed by atoms with Gasteiger partial charge in [-0.3, -0.25) is 34.1 Å². The molecule has 5 fully saturated rings. The van der Waals surface area contributed by atoms with E-state index < -0.39 is 78.6 Å². The lowest BCUT2D eigenvalue weighted by molar-refractivity contribution is -0.271.